The lowest BCUT2D eigenvalue weighted by Gasteiger charge is -2.15. The highest BCUT2D eigenvalue weighted by molar-refractivity contribution is 5.82. The first-order valence-electron chi connectivity index (χ1n) is 7.84. The maximum absolute atomic E-state index is 13.3. The molecule has 120 valence electrons. The Bertz CT molecular complexity index is 752. The zero-order valence-electron chi connectivity index (χ0n) is 13.2. The third-order valence-corrected chi connectivity index (χ3v) is 4.16. The number of fused-ring (bicyclic) bond motifs is 1. The molecule has 0 heterocycles. The first kappa shape index (κ1) is 15.9. The fourth-order valence-corrected chi connectivity index (χ4v) is 3.29. The van der Waals surface area contributed by atoms with Crippen molar-refractivity contribution in [2.75, 3.05) is 0 Å². The van der Waals surface area contributed by atoms with Gasteiger partial charge in [-0.25, -0.2) is 0 Å². The van der Waals surface area contributed by atoms with E-state index >= 15 is 0 Å². The molecule has 0 spiro atoms. The van der Waals surface area contributed by atoms with Crippen molar-refractivity contribution >= 4 is 6.08 Å². The van der Waals surface area contributed by atoms with Crippen LogP contribution in [0.1, 0.15) is 37.0 Å². The molecule has 3 heteroatoms. The largest absolute Gasteiger partial charge is 0.417 e. The molecule has 0 saturated heterocycles. The van der Waals surface area contributed by atoms with Gasteiger partial charge >= 0.3 is 6.18 Å². The highest BCUT2D eigenvalue weighted by atomic mass is 19.4. The average Bonchev–Trinajstić information content (AvgIpc) is 2.87. The van der Waals surface area contributed by atoms with Crippen LogP contribution in [0.3, 0.4) is 0 Å². The second kappa shape index (κ2) is 5.88. The average molecular weight is 316 g/mol. The van der Waals surface area contributed by atoms with E-state index in [0.717, 1.165) is 30.0 Å². The minimum Gasteiger partial charge on any atom is -0.166 e. The topological polar surface area (TPSA) is 0 Å². The molecule has 2 aromatic carbocycles. The summed E-state index contributed by atoms with van der Waals surface area (Å²) in [5.74, 6) is 0.543. The summed E-state index contributed by atoms with van der Waals surface area (Å²) in [4.78, 5) is 0. The predicted octanol–water partition coefficient (Wildman–Crippen LogP) is 6.36. The van der Waals surface area contributed by atoms with E-state index in [1.165, 1.54) is 11.6 Å². The highest BCUT2D eigenvalue weighted by Gasteiger charge is 2.34. The normalized spacial score (nSPS) is 14.1. The summed E-state index contributed by atoms with van der Waals surface area (Å²) in [6.45, 7) is 4.31. The molecule has 0 aliphatic heterocycles. The zero-order chi connectivity index (χ0) is 16.6. The monoisotopic (exact) mass is 316 g/mol. The number of hydrogen-bond acceptors (Lipinski definition) is 0. The van der Waals surface area contributed by atoms with Gasteiger partial charge in [0, 0.05) is 0 Å². The molecule has 0 radical (unpaired) electrons. The molecule has 0 nitrogen and oxygen atoms in total. The zero-order valence-corrected chi connectivity index (χ0v) is 13.2. The Hall–Kier alpha value is -2.03. The Kier molecular flexibility index (Phi) is 4.05. The van der Waals surface area contributed by atoms with Crippen LogP contribution in [-0.2, 0) is 12.6 Å². The van der Waals surface area contributed by atoms with Crippen LogP contribution in [0.2, 0.25) is 0 Å². The van der Waals surface area contributed by atoms with E-state index in [4.69, 9.17) is 0 Å². The third-order valence-electron chi connectivity index (χ3n) is 4.16. The summed E-state index contributed by atoms with van der Waals surface area (Å²) in [5, 5.41) is 0. The van der Waals surface area contributed by atoms with Crippen molar-refractivity contribution in [1.82, 2.24) is 0 Å². The second-order valence-corrected chi connectivity index (χ2v) is 6.50. The molecule has 0 aromatic heterocycles. The molecule has 0 amide bonds. The van der Waals surface area contributed by atoms with E-state index in [0.29, 0.717) is 11.5 Å². The van der Waals surface area contributed by atoms with Gasteiger partial charge in [0.15, 0.2) is 0 Å². The number of hydrogen-bond donors (Lipinski definition) is 0. The van der Waals surface area contributed by atoms with E-state index in [-0.39, 0.29) is 5.56 Å². The van der Waals surface area contributed by atoms with Crippen LogP contribution in [-0.4, -0.2) is 0 Å². The maximum atomic E-state index is 13.3. The van der Waals surface area contributed by atoms with Crippen LogP contribution >= 0.6 is 0 Å². The van der Waals surface area contributed by atoms with Crippen molar-refractivity contribution in [2.24, 2.45) is 5.92 Å². The van der Waals surface area contributed by atoms with Crippen LogP contribution in [0.25, 0.3) is 17.2 Å². The fraction of sp³-hybridized carbons (Fsp3) is 0.300. The van der Waals surface area contributed by atoms with Gasteiger partial charge in [-0.05, 0) is 47.1 Å². The summed E-state index contributed by atoms with van der Waals surface area (Å²) in [5.41, 5.74) is 3.73. The molecule has 0 bridgehead atoms. The SMILES string of the molecule is CC(C)CC1=Cc2c(cccc2-c2ccccc2C(F)(F)F)C1. The van der Waals surface area contributed by atoms with Gasteiger partial charge in [0.05, 0.1) is 5.56 Å². The van der Waals surface area contributed by atoms with Crippen molar-refractivity contribution < 1.29 is 13.2 Å². The number of halogens is 3. The highest BCUT2D eigenvalue weighted by Crippen LogP contribution is 2.41. The molecule has 0 N–H and O–H groups in total. The van der Waals surface area contributed by atoms with Crippen molar-refractivity contribution in [3.8, 4) is 11.1 Å². The van der Waals surface area contributed by atoms with Gasteiger partial charge in [-0.15, -0.1) is 0 Å². The number of alkyl halides is 3. The van der Waals surface area contributed by atoms with Crippen molar-refractivity contribution in [3.63, 3.8) is 0 Å². The Morgan fingerprint density at radius 2 is 1.65 bits per heavy atom. The minimum atomic E-state index is -4.34. The molecule has 3 rings (SSSR count). The van der Waals surface area contributed by atoms with E-state index in [1.807, 2.05) is 12.1 Å². The summed E-state index contributed by atoms with van der Waals surface area (Å²) >= 11 is 0. The predicted molar refractivity (Wildman–Crippen MR) is 88.0 cm³/mol. The fourth-order valence-electron chi connectivity index (χ4n) is 3.29. The van der Waals surface area contributed by atoms with Gasteiger partial charge < -0.3 is 0 Å². The quantitative estimate of drug-likeness (QED) is 0.618. The lowest BCUT2D eigenvalue weighted by atomic mass is 9.93. The Balaban J connectivity index is 2.11. The van der Waals surface area contributed by atoms with E-state index in [2.05, 4.69) is 19.9 Å². The Morgan fingerprint density at radius 3 is 2.35 bits per heavy atom. The lowest BCUT2D eigenvalue weighted by molar-refractivity contribution is -0.137. The Labute approximate surface area is 134 Å². The van der Waals surface area contributed by atoms with Gasteiger partial charge in [-0.3, -0.25) is 0 Å². The summed E-state index contributed by atoms with van der Waals surface area (Å²) in [7, 11) is 0. The summed E-state index contributed by atoms with van der Waals surface area (Å²) in [6, 6.07) is 11.5. The summed E-state index contributed by atoms with van der Waals surface area (Å²) < 4.78 is 40.0. The molecule has 0 fully saturated rings. The number of rotatable bonds is 3. The standard InChI is InChI=1S/C20H19F3/c1-13(2)10-14-11-15-6-5-8-16(18(15)12-14)17-7-3-4-9-19(17)20(21,22)23/h3-9,12-13H,10-11H2,1-2H3. The molecule has 0 unspecified atom stereocenters. The van der Waals surface area contributed by atoms with Crippen LogP contribution in [0.4, 0.5) is 13.2 Å². The van der Waals surface area contributed by atoms with Crippen molar-refractivity contribution in [1.29, 1.82) is 0 Å². The van der Waals surface area contributed by atoms with Crippen LogP contribution in [0, 0.1) is 5.92 Å². The van der Waals surface area contributed by atoms with Crippen molar-refractivity contribution in [3.05, 3.63) is 64.7 Å². The molecule has 2 aromatic rings. The van der Waals surface area contributed by atoms with Crippen LogP contribution in [0.15, 0.2) is 48.0 Å². The van der Waals surface area contributed by atoms with Gasteiger partial charge in [0.2, 0.25) is 0 Å². The molecule has 23 heavy (non-hydrogen) atoms. The number of allylic oxidation sites excluding steroid dienone is 1. The molecule has 0 atom stereocenters. The third kappa shape index (κ3) is 3.19. The van der Waals surface area contributed by atoms with Gasteiger partial charge in [0.1, 0.15) is 0 Å². The maximum Gasteiger partial charge on any atom is 0.417 e. The van der Waals surface area contributed by atoms with Crippen molar-refractivity contribution in [2.45, 2.75) is 32.9 Å². The van der Waals surface area contributed by atoms with E-state index in [9.17, 15) is 13.2 Å². The van der Waals surface area contributed by atoms with Crippen LogP contribution in [0.5, 0.6) is 0 Å². The van der Waals surface area contributed by atoms with E-state index in [1.54, 1.807) is 18.2 Å². The molecule has 1 aliphatic rings. The second-order valence-electron chi connectivity index (χ2n) is 6.50. The van der Waals surface area contributed by atoms with Gasteiger partial charge in [-0.2, -0.15) is 13.2 Å². The van der Waals surface area contributed by atoms with Gasteiger partial charge in [-0.1, -0.05) is 61.9 Å². The first-order chi connectivity index (χ1) is 10.9. The molecular weight excluding hydrogens is 297 g/mol. The molecule has 1 aliphatic carbocycles. The first-order valence-corrected chi connectivity index (χ1v) is 7.84. The van der Waals surface area contributed by atoms with Gasteiger partial charge in [0.25, 0.3) is 0 Å². The molecular formula is C20H19F3. The summed E-state index contributed by atoms with van der Waals surface area (Å²) in [6.07, 6.45) is -0.440. The smallest absolute Gasteiger partial charge is 0.166 e. The lowest BCUT2D eigenvalue weighted by Crippen LogP contribution is -2.07. The number of benzene rings is 2. The minimum absolute atomic E-state index is 0.263. The Morgan fingerprint density at radius 1 is 0.957 bits per heavy atom. The van der Waals surface area contributed by atoms with E-state index < -0.39 is 11.7 Å². The van der Waals surface area contributed by atoms with Crippen LogP contribution < -0.4 is 0 Å². The molecule has 0 saturated carbocycles.